The van der Waals surface area contributed by atoms with Gasteiger partial charge in [0, 0.05) is 29.0 Å². The molecule has 0 amide bonds. The van der Waals surface area contributed by atoms with Crippen molar-refractivity contribution in [3.63, 3.8) is 0 Å². The molecule has 1 saturated heterocycles. The van der Waals surface area contributed by atoms with Crippen LogP contribution >= 0.6 is 37.2 Å². The summed E-state index contributed by atoms with van der Waals surface area (Å²) in [5.74, 6) is -0.00141. The highest BCUT2D eigenvalue weighted by molar-refractivity contribution is 5.86. The molecule has 10 heteroatoms. The van der Waals surface area contributed by atoms with Crippen molar-refractivity contribution >= 4 is 53.8 Å². The molecule has 0 unspecified atom stereocenters. The van der Waals surface area contributed by atoms with E-state index in [1.807, 2.05) is 38.2 Å². The van der Waals surface area contributed by atoms with E-state index in [9.17, 15) is 0 Å². The third-order valence-corrected chi connectivity index (χ3v) is 5.96. The first-order valence-electron chi connectivity index (χ1n) is 10.4. The molecule has 2 atom stereocenters. The molecule has 5 rings (SSSR count). The number of benzene rings is 1. The number of nitrogens with zero attached hydrogens (tertiary/aromatic N) is 5. The Morgan fingerprint density at radius 1 is 0.970 bits per heavy atom. The van der Waals surface area contributed by atoms with E-state index in [1.54, 1.807) is 10.6 Å². The van der Waals surface area contributed by atoms with Crippen molar-refractivity contribution in [2.75, 3.05) is 0 Å². The molecule has 1 aliphatic rings. The number of hydrogen-bond donors (Lipinski definition) is 1. The zero-order valence-corrected chi connectivity index (χ0v) is 21.3. The van der Waals surface area contributed by atoms with Crippen LogP contribution in [0.15, 0.2) is 30.5 Å². The number of aromatic nitrogens is 5. The lowest BCUT2D eigenvalue weighted by Crippen LogP contribution is -2.41. The molecule has 0 radical (unpaired) electrons. The number of rotatable bonds is 2. The van der Waals surface area contributed by atoms with E-state index in [1.165, 1.54) is 0 Å². The van der Waals surface area contributed by atoms with Gasteiger partial charge >= 0.3 is 0 Å². The monoisotopic (exact) mass is 512 g/mol. The molecule has 33 heavy (non-hydrogen) atoms. The van der Waals surface area contributed by atoms with Gasteiger partial charge in [-0.15, -0.1) is 37.2 Å². The molecule has 1 aromatic carbocycles. The molecule has 6 nitrogen and oxygen atoms in total. The Balaban J connectivity index is 0.00000128. The average Bonchev–Trinajstić information content (AvgIpc) is 3.08. The molecular weight excluding hydrogens is 486 g/mol. The largest absolute Gasteiger partial charge is 0.312 e. The summed E-state index contributed by atoms with van der Waals surface area (Å²) in [5.41, 5.74) is 5.49. The van der Waals surface area contributed by atoms with Crippen LogP contribution in [0.1, 0.15) is 49.6 Å². The molecule has 0 aliphatic carbocycles. The van der Waals surface area contributed by atoms with Crippen molar-refractivity contribution in [3.8, 4) is 11.3 Å². The van der Waals surface area contributed by atoms with E-state index in [-0.39, 0.29) is 43.0 Å². The number of aryl methyl sites for hydroxylation is 2. The molecule has 1 fully saturated rings. The summed E-state index contributed by atoms with van der Waals surface area (Å²) < 4.78 is 16.9. The molecule has 0 saturated carbocycles. The van der Waals surface area contributed by atoms with Gasteiger partial charge in [0.25, 0.3) is 0 Å². The smallest absolute Gasteiger partial charge is 0.156 e. The van der Waals surface area contributed by atoms with Crippen LogP contribution in [-0.2, 0) is 0 Å². The second kappa shape index (κ2) is 10.5. The average molecular weight is 514 g/mol. The summed E-state index contributed by atoms with van der Waals surface area (Å²) in [4.78, 5) is 4.48. The van der Waals surface area contributed by atoms with Crippen LogP contribution in [0.2, 0.25) is 0 Å². The van der Waals surface area contributed by atoms with E-state index >= 15 is 4.39 Å². The minimum absolute atomic E-state index is 0. The first-order chi connectivity index (χ1) is 14.4. The topological polar surface area (TPSA) is 68.0 Å². The van der Waals surface area contributed by atoms with E-state index in [4.69, 9.17) is 0 Å². The van der Waals surface area contributed by atoms with Gasteiger partial charge in [-0.25, -0.2) is 13.9 Å². The Hall–Kier alpha value is -2.06. The van der Waals surface area contributed by atoms with E-state index < -0.39 is 0 Å². The second-order valence-electron chi connectivity index (χ2n) is 8.66. The van der Waals surface area contributed by atoms with Crippen LogP contribution in [0.4, 0.5) is 4.39 Å². The lowest BCUT2D eigenvalue weighted by molar-refractivity contribution is 0.312. The van der Waals surface area contributed by atoms with Crippen LogP contribution in [-0.4, -0.2) is 36.9 Å². The first kappa shape index (κ1) is 27.2. The van der Waals surface area contributed by atoms with Crippen molar-refractivity contribution < 1.29 is 4.39 Å². The summed E-state index contributed by atoms with van der Waals surface area (Å²) in [7, 11) is 0. The Kier molecular flexibility index (Phi) is 8.63. The third-order valence-electron chi connectivity index (χ3n) is 5.96. The van der Waals surface area contributed by atoms with Crippen molar-refractivity contribution in [1.82, 2.24) is 30.1 Å². The first-order valence-corrected chi connectivity index (χ1v) is 10.4. The summed E-state index contributed by atoms with van der Waals surface area (Å²) in [6.07, 6.45) is 3.84. The maximum atomic E-state index is 15.1. The molecular formula is C23H28Cl3FN6. The van der Waals surface area contributed by atoms with Gasteiger partial charge in [-0.3, -0.25) is 0 Å². The highest BCUT2D eigenvalue weighted by atomic mass is 35.5. The van der Waals surface area contributed by atoms with Gasteiger partial charge in [-0.2, -0.15) is 15.3 Å². The molecule has 1 aliphatic heterocycles. The quantitative estimate of drug-likeness (QED) is 0.378. The highest BCUT2D eigenvalue weighted by Crippen LogP contribution is 2.32. The van der Waals surface area contributed by atoms with Crippen LogP contribution in [0.25, 0.3) is 27.8 Å². The predicted octanol–water partition coefficient (Wildman–Crippen LogP) is 5.60. The van der Waals surface area contributed by atoms with Crippen LogP contribution in [0.5, 0.6) is 0 Å². The van der Waals surface area contributed by atoms with Crippen LogP contribution in [0.3, 0.4) is 0 Å². The van der Waals surface area contributed by atoms with Crippen molar-refractivity contribution in [3.05, 3.63) is 53.2 Å². The zero-order valence-electron chi connectivity index (χ0n) is 18.9. The molecule has 4 heterocycles. The van der Waals surface area contributed by atoms with Gasteiger partial charge in [0.15, 0.2) is 5.65 Å². The number of nitrogens with one attached hydrogen (secondary N) is 1. The fraction of sp³-hybridized carbons (Fsp3) is 0.391. The third kappa shape index (κ3) is 5.22. The lowest BCUT2D eigenvalue weighted by Gasteiger charge is -2.32. The van der Waals surface area contributed by atoms with E-state index in [0.717, 1.165) is 35.4 Å². The summed E-state index contributed by atoms with van der Waals surface area (Å²) in [6, 6.07) is 8.04. The predicted molar refractivity (Wildman–Crippen MR) is 137 cm³/mol. The van der Waals surface area contributed by atoms with Crippen molar-refractivity contribution in [1.29, 1.82) is 0 Å². The Bertz CT molecular complexity index is 1270. The number of imidazole rings is 1. The molecule has 178 valence electrons. The number of halogens is 4. The maximum Gasteiger partial charge on any atom is 0.156 e. The highest BCUT2D eigenvalue weighted by Gasteiger charge is 2.26. The van der Waals surface area contributed by atoms with Crippen molar-refractivity contribution in [2.45, 2.75) is 58.5 Å². The van der Waals surface area contributed by atoms with E-state index in [0.29, 0.717) is 40.2 Å². The van der Waals surface area contributed by atoms with Gasteiger partial charge in [-0.1, -0.05) is 0 Å². The number of hydrogen-bond acceptors (Lipinski definition) is 5. The summed E-state index contributed by atoms with van der Waals surface area (Å²) >= 11 is 0. The van der Waals surface area contributed by atoms with Gasteiger partial charge < -0.3 is 5.32 Å². The Morgan fingerprint density at radius 2 is 1.67 bits per heavy atom. The van der Waals surface area contributed by atoms with Gasteiger partial charge in [0.2, 0.25) is 0 Å². The molecule has 3 aromatic heterocycles. The zero-order chi connectivity index (χ0) is 21.0. The fourth-order valence-corrected chi connectivity index (χ4v) is 4.66. The van der Waals surface area contributed by atoms with Crippen molar-refractivity contribution in [2.24, 2.45) is 0 Å². The normalized spacial score (nSPS) is 20.1. The lowest BCUT2D eigenvalue weighted by atomic mass is 9.86. The minimum atomic E-state index is -0.296. The molecule has 0 bridgehead atoms. The van der Waals surface area contributed by atoms with Gasteiger partial charge in [0.1, 0.15) is 5.82 Å². The SMILES string of the molecule is Cc1cn2nc(-c3cc(F)c4cc(C5C[C@H](C)N[C@@H](C)C5)nnc4c3)cc(C)c2n1.Cl.Cl.Cl. The number of fused-ring (bicyclic) bond motifs is 2. The molecule has 4 aromatic rings. The van der Waals surface area contributed by atoms with Gasteiger partial charge in [-0.05, 0) is 70.4 Å². The summed E-state index contributed by atoms with van der Waals surface area (Å²) in [5, 5.41) is 17.5. The summed E-state index contributed by atoms with van der Waals surface area (Å²) in [6.45, 7) is 8.27. The van der Waals surface area contributed by atoms with E-state index in [2.05, 4.69) is 39.4 Å². The molecule has 1 N–H and O–H groups in total. The Morgan fingerprint density at radius 3 is 2.36 bits per heavy atom. The maximum absolute atomic E-state index is 15.1. The second-order valence-corrected chi connectivity index (χ2v) is 8.66. The van der Waals surface area contributed by atoms with Crippen LogP contribution < -0.4 is 5.32 Å². The van der Waals surface area contributed by atoms with Gasteiger partial charge in [0.05, 0.1) is 28.8 Å². The Labute approximate surface area is 211 Å². The fourth-order valence-electron chi connectivity index (χ4n) is 4.66. The van der Waals surface area contributed by atoms with Crippen LogP contribution in [0, 0.1) is 19.7 Å². The number of piperidine rings is 1. The minimum Gasteiger partial charge on any atom is -0.312 e. The standard InChI is InChI=1S/C23H25FN6.3ClH/c1-12-5-21(29-30-11-15(4)26-23(12)30)17-8-19(24)18-10-20(27-28-22(18)9-17)16-6-13(2)25-14(3)7-16;;;/h5,8-11,13-14,16,25H,6-7H2,1-4H3;3*1H/t13-,14-;;;/m0.../s1. The molecule has 0 spiro atoms.